The minimum atomic E-state index is -0.891. The summed E-state index contributed by atoms with van der Waals surface area (Å²) in [5, 5.41) is 7.82. The van der Waals surface area contributed by atoms with Crippen LogP contribution in [0.4, 0.5) is 10.5 Å². The molecule has 0 spiro atoms. The predicted octanol–water partition coefficient (Wildman–Crippen LogP) is 7.07. The number of alkyl carbamates (subject to hydrolysis) is 1. The molecule has 0 saturated heterocycles. The molecule has 0 heterocycles. The number of hydrogen-bond acceptors (Lipinski definition) is 4. The highest BCUT2D eigenvalue weighted by atomic mass is 16.6. The van der Waals surface area contributed by atoms with Gasteiger partial charge in [-0.15, -0.1) is 0 Å². The Hall–Kier alpha value is -3.87. The van der Waals surface area contributed by atoms with Crippen LogP contribution in [0.25, 0.3) is 10.8 Å². The molecule has 3 rings (SSSR count). The number of amides is 3. The van der Waals surface area contributed by atoms with E-state index in [1.54, 1.807) is 32.6 Å². The molecule has 3 aromatic rings. The number of rotatable bonds is 10. The Bertz CT molecular complexity index is 1350. The number of fused-ring (bicyclic) bond motifs is 1. The summed E-state index contributed by atoms with van der Waals surface area (Å²) >= 11 is 0. The SMILES string of the molecule is CCCCCN(C(=O)C(C)NC(=O)OC(C)(C)C)C(C(=O)Nc1ccc2ccccc2c1)c1cc(C)ccc1C. The summed E-state index contributed by atoms with van der Waals surface area (Å²) in [7, 11) is 0. The summed E-state index contributed by atoms with van der Waals surface area (Å²) in [6.07, 6.45) is 1.92. The first-order valence-corrected chi connectivity index (χ1v) is 14.1. The van der Waals surface area contributed by atoms with Crippen LogP contribution in [0.15, 0.2) is 60.7 Å². The molecule has 0 bridgehead atoms. The Labute approximate surface area is 238 Å². The minimum Gasteiger partial charge on any atom is -0.444 e. The zero-order valence-corrected chi connectivity index (χ0v) is 24.8. The van der Waals surface area contributed by atoms with Crippen LogP contribution in [0, 0.1) is 13.8 Å². The summed E-state index contributed by atoms with van der Waals surface area (Å²) in [6.45, 7) is 13.3. The van der Waals surface area contributed by atoms with Gasteiger partial charge in [-0.2, -0.15) is 0 Å². The van der Waals surface area contributed by atoms with Crippen molar-refractivity contribution in [2.75, 3.05) is 11.9 Å². The third-order valence-electron chi connectivity index (χ3n) is 6.70. The molecule has 0 radical (unpaired) electrons. The largest absolute Gasteiger partial charge is 0.444 e. The van der Waals surface area contributed by atoms with E-state index in [1.165, 1.54) is 0 Å². The Balaban J connectivity index is 2.00. The van der Waals surface area contributed by atoms with Crippen molar-refractivity contribution in [3.63, 3.8) is 0 Å². The fourth-order valence-electron chi connectivity index (χ4n) is 4.68. The summed E-state index contributed by atoms with van der Waals surface area (Å²) in [5.74, 6) is -0.653. The Morgan fingerprint density at radius 2 is 1.62 bits per heavy atom. The molecular formula is C33H43N3O4. The van der Waals surface area contributed by atoms with Crippen LogP contribution in [-0.4, -0.2) is 41.0 Å². The van der Waals surface area contributed by atoms with Crippen molar-refractivity contribution in [3.8, 4) is 0 Å². The van der Waals surface area contributed by atoms with Gasteiger partial charge in [-0.3, -0.25) is 9.59 Å². The first kappa shape index (κ1) is 30.7. The molecule has 0 aliphatic heterocycles. The summed E-state index contributed by atoms with van der Waals surface area (Å²) < 4.78 is 5.38. The molecule has 0 saturated carbocycles. The van der Waals surface area contributed by atoms with Crippen molar-refractivity contribution >= 4 is 34.4 Å². The standard InChI is InChI=1S/C33H43N3O4/c1-8-9-12-19-36(31(38)24(4)34-32(39)40-33(5,6)7)29(28-20-22(2)15-16-23(28)3)30(37)35-27-18-17-25-13-10-11-14-26(25)21-27/h10-11,13-18,20-21,24,29H,8-9,12,19H2,1-7H3,(H,34,39)(H,35,37). The lowest BCUT2D eigenvalue weighted by Crippen LogP contribution is -2.51. The van der Waals surface area contributed by atoms with Gasteiger partial charge < -0.3 is 20.3 Å². The maximum absolute atomic E-state index is 14.1. The van der Waals surface area contributed by atoms with Crippen LogP contribution in [0.3, 0.4) is 0 Å². The van der Waals surface area contributed by atoms with Gasteiger partial charge in [0.25, 0.3) is 5.91 Å². The first-order valence-electron chi connectivity index (χ1n) is 14.1. The zero-order chi connectivity index (χ0) is 29.4. The van der Waals surface area contributed by atoms with E-state index in [1.807, 2.05) is 74.5 Å². The number of anilines is 1. The van der Waals surface area contributed by atoms with Crippen LogP contribution in [0.1, 0.15) is 76.6 Å². The van der Waals surface area contributed by atoms with Crippen molar-refractivity contribution in [2.24, 2.45) is 0 Å². The number of ether oxygens (including phenoxy) is 1. The van der Waals surface area contributed by atoms with E-state index < -0.39 is 23.8 Å². The van der Waals surface area contributed by atoms with Gasteiger partial charge in [0, 0.05) is 12.2 Å². The van der Waals surface area contributed by atoms with Gasteiger partial charge in [-0.05, 0) is 82.0 Å². The van der Waals surface area contributed by atoms with Crippen molar-refractivity contribution in [1.29, 1.82) is 0 Å². The van der Waals surface area contributed by atoms with E-state index >= 15 is 0 Å². The normalized spacial score (nSPS) is 12.9. The third kappa shape index (κ3) is 8.31. The van der Waals surface area contributed by atoms with E-state index in [9.17, 15) is 14.4 Å². The quantitative estimate of drug-likeness (QED) is 0.267. The number of carbonyl (C=O) groups is 3. The maximum Gasteiger partial charge on any atom is 0.408 e. The van der Waals surface area contributed by atoms with E-state index in [-0.39, 0.29) is 11.8 Å². The van der Waals surface area contributed by atoms with Gasteiger partial charge in [0.05, 0.1) is 0 Å². The smallest absolute Gasteiger partial charge is 0.408 e. The van der Waals surface area contributed by atoms with Crippen molar-refractivity contribution in [1.82, 2.24) is 10.2 Å². The number of carbonyl (C=O) groups excluding carboxylic acids is 3. The number of benzene rings is 3. The average molecular weight is 546 g/mol. The fourth-order valence-corrected chi connectivity index (χ4v) is 4.68. The molecule has 0 fully saturated rings. The zero-order valence-electron chi connectivity index (χ0n) is 24.8. The molecule has 2 atom stereocenters. The number of unbranched alkanes of at least 4 members (excludes halogenated alkanes) is 2. The number of aryl methyl sites for hydroxylation is 2. The second-order valence-electron chi connectivity index (χ2n) is 11.4. The second kappa shape index (κ2) is 13.5. The van der Waals surface area contributed by atoms with Gasteiger partial charge >= 0.3 is 6.09 Å². The molecule has 7 heteroatoms. The lowest BCUT2D eigenvalue weighted by atomic mass is 9.95. The topological polar surface area (TPSA) is 87.7 Å². The summed E-state index contributed by atoms with van der Waals surface area (Å²) in [6, 6.07) is 17.9. The van der Waals surface area contributed by atoms with Crippen molar-refractivity contribution in [2.45, 2.75) is 85.4 Å². The molecule has 2 unspecified atom stereocenters. The van der Waals surface area contributed by atoms with Gasteiger partial charge in [0.15, 0.2) is 0 Å². The highest BCUT2D eigenvalue weighted by Crippen LogP contribution is 2.29. The highest BCUT2D eigenvalue weighted by Gasteiger charge is 2.35. The van der Waals surface area contributed by atoms with Crippen LogP contribution in [0.5, 0.6) is 0 Å². The van der Waals surface area contributed by atoms with Gasteiger partial charge in [0.1, 0.15) is 17.7 Å². The molecule has 2 N–H and O–H groups in total. The molecule has 3 aromatic carbocycles. The van der Waals surface area contributed by atoms with E-state index in [0.717, 1.165) is 46.7 Å². The second-order valence-corrected chi connectivity index (χ2v) is 11.4. The van der Waals surface area contributed by atoms with E-state index in [2.05, 4.69) is 17.6 Å². The van der Waals surface area contributed by atoms with Gasteiger partial charge in [-0.25, -0.2) is 4.79 Å². The lowest BCUT2D eigenvalue weighted by Gasteiger charge is -2.34. The van der Waals surface area contributed by atoms with Crippen LogP contribution < -0.4 is 10.6 Å². The predicted molar refractivity (Wildman–Crippen MR) is 161 cm³/mol. The van der Waals surface area contributed by atoms with E-state index in [0.29, 0.717) is 12.2 Å². The van der Waals surface area contributed by atoms with Crippen LogP contribution >= 0.6 is 0 Å². The Morgan fingerprint density at radius 1 is 0.925 bits per heavy atom. The Morgan fingerprint density at radius 3 is 2.30 bits per heavy atom. The van der Waals surface area contributed by atoms with Gasteiger partial charge in [0.2, 0.25) is 5.91 Å². The molecule has 0 aliphatic carbocycles. The fraction of sp³-hybridized carbons (Fsp3) is 0.424. The number of nitrogens with one attached hydrogen (secondary N) is 2. The van der Waals surface area contributed by atoms with Crippen LogP contribution in [-0.2, 0) is 14.3 Å². The van der Waals surface area contributed by atoms with Crippen LogP contribution in [0.2, 0.25) is 0 Å². The Kier molecular flexibility index (Phi) is 10.3. The molecule has 0 aromatic heterocycles. The van der Waals surface area contributed by atoms with E-state index in [4.69, 9.17) is 4.74 Å². The van der Waals surface area contributed by atoms with Crippen molar-refractivity contribution in [3.05, 3.63) is 77.4 Å². The molecule has 0 aliphatic rings. The highest BCUT2D eigenvalue weighted by molar-refractivity contribution is 6.00. The number of hydrogen-bond donors (Lipinski definition) is 2. The first-order chi connectivity index (χ1) is 18.9. The average Bonchev–Trinajstić information content (AvgIpc) is 2.88. The lowest BCUT2D eigenvalue weighted by molar-refractivity contribution is -0.140. The maximum atomic E-state index is 14.1. The molecule has 40 heavy (non-hydrogen) atoms. The molecule has 7 nitrogen and oxygen atoms in total. The molecule has 3 amide bonds. The van der Waals surface area contributed by atoms with Crippen molar-refractivity contribution < 1.29 is 19.1 Å². The molecular weight excluding hydrogens is 502 g/mol. The summed E-state index contributed by atoms with van der Waals surface area (Å²) in [4.78, 5) is 42.2. The minimum absolute atomic E-state index is 0.307. The van der Waals surface area contributed by atoms with Gasteiger partial charge in [-0.1, -0.05) is 73.9 Å². The molecule has 214 valence electrons. The monoisotopic (exact) mass is 545 g/mol. The summed E-state index contributed by atoms with van der Waals surface area (Å²) in [5.41, 5.74) is 2.61. The third-order valence-corrected chi connectivity index (χ3v) is 6.70. The number of nitrogens with zero attached hydrogens (tertiary/aromatic N) is 1.